The average Bonchev–Trinajstić information content (AvgIpc) is 3.51. The van der Waals surface area contributed by atoms with Crippen LogP contribution in [0.15, 0.2) is 95.9 Å². The average molecular weight is 774 g/mol. The molecule has 258 valence electrons. The number of ether oxygens (including phenoxy) is 3. The molecule has 0 bridgehead atoms. The molecule has 1 amide bonds. The van der Waals surface area contributed by atoms with Gasteiger partial charge in [-0.2, -0.15) is 0 Å². The number of halogens is 3. The first-order valence-electron chi connectivity index (χ1n) is 14.6. The molecule has 0 spiro atoms. The number of hydrogen-bond donors (Lipinski definition) is 1. The molecule has 0 aliphatic heterocycles. The Morgan fingerprint density at radius 1 is 0.860 bits per heavy atom. The number of carbonyl (C=O) groups is 3. The Hall–Kier alpha value is -4.59. The van der Waals surface area contributed by atoms with Gasteiger partial charge >= 0.3 is 5.97 Å². The normalized spacial score (nSPS) is 11.1. The molecule has 4 aromatic carbocycles. The van der Waals surface area contributed by atoms with Crippen molar-refractivity contribution in [2.75, 3.05) is 30.4 Å². The SMILES string of the molecule is CCOc1ccc(N(C)S(=O)(=O)c2cc(Cl)sc2C(=O)Nc2cc(Cl)cc(C(=O)Oc3ccc(C(=O)c4ccccc4)c(Cl)c3)c2)cc1OC. The molecule has 1 N–H and O–H groups in total. The summed E-state index contributed by atoms with van der Waals surface area (Å²) in [7, 11) is -1.55. The number of nitrogens with one attached hydrogen (secondary N) is 1. The minimum absolute atomic E-state index is 0.0328. The molecule has 0 atom stereocenters. The molecule has 10 nitrogen and oxygen atoms in total. The van der Waals surface area contributed by atoms with Crippen LogP contribution in [0, 0.1) is 0 Å². The topological polar surface area (TPSA) is 128 Å². The fourth-order valence-electron chi connectivity index (χ4n) is 4.73. The van der Waals surface area contributed by atoms with Gasteiger partial charge in [0, 0.05) is 41.0 Å². The Morgan fingerprint density at radius 3 is 2.28 bits per heavy atom. The van der Waals surface area contributed by atoms with Crippen molar-refractivity contribution in [1.82, 2.24) is 0 Å². The zero-order valence-electron chi connectivity index (χ0n) is 26.5. The van der Waals surface area contributed by atoms with Crippen LogP contribution in [0.5, 0.6) is 17.2 Å². The zero-order chi connectivity index (χ0) is 36.2. The molecule has 5 rings (SSSR count). The Kier molecular flexibility index (Phi) is 11.4. The number of amides is 1. The Bertz CT molecular complexity index is 2210. The predicted octanol–water partition coefficient (Wildman–Crippen LogP) is 8.64. The lowest BCUT2D eigenvalue weighted by Crippen LogP contribution is -2.28. The van der Waals surface area contributed by atoms with Crippen LogP contribution in [-0.4, -0.2) is 46.8 Å². The smallest absolute Gasteiger partial charge is 0.343 e. The van der Waals surface area contributed by atoms with Crippen LogP contribution in [0.3, 0.4) is 0 Å². The summed E-state index contributed by atoms with van der Waals surface area (Å²) in [6, 6.07) is 22.6. The first kappa shape index (κ1) is 36.7. The van der Waals surface area contributed by atoms with Crippen molar-refractivity contribution < 1.29 is 37.0 Å². The number of ketones is 1. The summed E-state index contributed by atoms with van der Waals surface area (Å²) in [6.07, 6.45) is 0. The second kappa shape index (κ2) is 15.5. The molecule has 0 saturated carbocycles. The van der Waals surface area contributed by atoms with Gasteiger partial charge in [0.1, 0.15) is 15.5 Å². The van der Waals surface area contributed by atoms with Crippen molar-refractivity contribution in [3.05, 3.63) is 127 Å². The van der Waals surface area contributed by atoms with Crippen LogP contribution in [0.25, 0.3) is 0 Å². The number of sulfonamides is 1. The number of rotatable bonds is 12. The van der Waals surface area contributed by atoms with Gasteiger partial charge in [0.05, 0.1) is 34.3 Å². The van der Waals surface area contributed by atoms with E-state index in [2.05, 4.69) is 5.32 Å². The number of hydrogen-bond acceptors (Lipinski definition) is 9. The van der Waals surface area contributed by atoms with Gasteiger partial charge in [0.2, 0.25) is 0 Å². The number of thiophene rings is 1. The first-order chi connectivity index (χ1) is 23.8. The van der Waals surface area contributed by atoms with E-state index in [0.29, 0.717) is 23.7 Å². The standard InChI is InChI=1S/C35H27Cl3N2O8S2/c1-4-47-28-13-10-24(17-29(28)46-3)40(2)50(44,45)30-19-31(38)49-33(30)34(42)39-23-15-21(14-22(36)16-23)35(43)48-25-11-12-26(27(37)18-25)32(41)20-8-6-5-7-9-20/h5-19H,4H2,1-3H3,(H,39,42). The van der Waals surface area contributed by atoms with E-state index < -0.39 is 21.9 Å². The van der Waals surface area contributed by atoms with E-state index in [-0.39, 0.29) is 58.2 Å². The van der Waals surface area contributed by atoms with E-state index in [1.807, 2.05) is 0 Å². The van der Waals surface area contributed by atoms with Gasteiger partial charge in [-0.15, -0.1) is 11.3 Å². The maximum atomic E-state index is 13.8. The van der Waals surface area contributed by atoms with Crippen molar-refractivity contribution >= 4 is 85.2 Å². The van der Waals surface area contributed by atoms with E-state index in [1.165, 1.54) is 68.8 Å². The number of esters is 1. The highest BCUT2D eigenvalue weighted by molar-refractivity contribution is 7.93. The molecule has 0 aliphatic carbocycles. The van der Waals surface area contributed by atoms with Gasteiger partial charge in [-0.1, -0.05) is 65.1 Å². The second-order valence-electron chi connectivity index (χ2n) is 10.4. The summed E-state index contributed by atoms with van der Waals surface area (Å²) in [6.45, 7) is 2.19. The molecule has 0 unspecified atom stereocenters. The highest BCUT2D eigenvalue weighted by Gasteiger charge is 2.31. The van der Waals surface area contributed by atoms with Crippen molar-refractivity contribution in [3.63, 3.8) is 0 Å². The maximum Gasteiger partial charge on any atom is 0.343 e. The van der Waals surface area contributed by atoms with Gasteiger partial charge in [-0.05, 0) is 55.5 Å². The van der Waals surface area contributed by atoms with Crippen LogP contribution in [0.4, 0.5) is 11.4 Å². The van der Waals surface area contributed by atoms with Crippen LogP contribution in [-0.2, 0) is 10.0 Å². The van der Waals surface area contributed by atoms with Crippen LogP contribution < -0.4 is 23.8 Å². The quantitative estimate of drug-likeness (QED) is 0.0759. The summed E-state index contributed by atoms with van der Waals surface area (Å²) >= 11 is 19.6. The molecular formula is C35H27Cl3N2O8S2. The third-order valence-corrected chi connectivity index (χ3v) is 10.9. The molecule has 1 aromatic heterocycles. The molecule has 1 heterocycles. The number of carbonyl (C=O) groups excluding carboxylic acids is 3. The van der Waals surface area contributed by atoms with E-state index in [4.69, 9.17) is 49.0 Å². The van der Waals surface area contributed by atoms with Crippen LogP contribution in [0.1, 0.15) is 42.9 Å². The number of benzene rings is 4. The van der Waals surface area contributed by atoms with Gasteiger partial charge in [-0.25, -0.2) is 13.2 Å². The van der Waals surface area contributed by atoms with E-state index >= 15 is 0 Å². The molecule has 5 aromatic rings. The lowest BCUT2D eigenvalue weighted by atomic mass is 10.0. The fraction of sp³-hybridized carbons (Fsp3) is 0.114. The van der Waals surface area contributed by atoms with Gasteiger partial charge in [0.15, 0.2) is 17.3 Å². The number of methoxy groups -OCH3 is 1. The lowest BCUT2D eigenvalue weighted by molar-refractivity contribution is 0.0734. The first-order valence-corrected chi connectivity index (χ1v) is 18.0. The van der Waals surface area contributed by atoms with E-state index in [1.54, 1.807) is 43.3 Å². The third kappa shape index (κ3) is 8.06. The molecule has 0 fully saturated rings. The molecule has 0 saturated heterocycles. The van der Waals surface area contributed by atoms with Crippen molar-refractivity contribution in [2.45, 2.75) is 11.8 Å². The number of nitrogens with zero attached hydrogens (tertiary/aromatic N) is 1. The highest BCUT2D eigenvalue weighted by Crippen LogP contribution is 2.37. The van der Waals surface area contributed by atoms with Gasteiger partial charge in [0.25, 0.3) is 15.9 Å². The highest BCUT2D eigenvalue weighted by atomic mass is 35.5. The van der Waals surface area contributed by atoms with Crippen LogP contribution >= 0.6 is 46.1 Å². The Morgan fingerprint density at radius 2 is 1.60 bits per heavy atom. The second-order valence-corrected chi connectivity index (χ2v) is 14.9. The monoisotopic (exact) mass is 772 g/mol. The summed E-state index contributed by atoms with van der Waals surface area (Å²) in [4.78, 5) is 38.9. The molecule has 15 heteroatoms. The maximum absolute atomic E-state index is 13.8. The summed E-state index contributed by atoms with van der Waals surface area (Å²) < 4.78 is 44.9. The Balaban J connectivity index is 1.35. The summed E-state index contributed by atoms with van der Waals surface area (Å²) in [5, 5.41) is 2.75. The van der Waals surface area contributed by atoms with Crippen LogP contribution in [0.2, 0.25) is 14.4 Å². The molecule has 50 heavy (non-hydrogen) atoms. The van der Waals surface area contributed by atoms with Crippen molar-refractivity contribution in [2.24, 2.45) is 0 Å². The Labute approximate surface area is 307 Å². The minimum atomic E-state index is -4.31. The lowest BCUT2D eigenvalue weighted by Gasteiger charge is -2.21. The number of anilines is 2. The van der Waals surface area contributed by atoms with Crippen molar-refractivity contribution in [1.29, 1.82) is 0 Å². The van der Waals surface area contributed by atoms with Gasteiger partial charge in [-0.3, -0.25) is 13.9 Å². The summed E-state index contributed by atoms with van der Waals surface area (Å²) in [5.74, 6) is -1.13. The molecule has 0 radical (unpaired) electrons. The van der Waals surface area contributed by atoms with E-state index in [9.17, 15) is 22.8 Å². The predicted molar refractivity (Wildman–Crippen MR) is 195 cm³/mol. The van der Waals surface area contributed by atoms with Crippen molar-refractivity contribution in [3.8, 4) is 17.2 Å². The fourth-order valence-corrected chi connectivity index (χ4v) is 8.10. The zero-order valence-corrected chi connectivity index (χ0v) is 30.4. The summed E-state index contributed by atoms with van der Waals surface area (Å²) in [5.41, 5.74) is 0.965. The minimum Gasteiger partial charge on any atom is -0.493 e. The largest absolute Gasteiger partial charge is 0.493 e. The molecular weight excluding hydrogens is 747 g/mol. The molecule has 0 aliphatic rings. The van der Waals surface area contributed by atoms with Gasteiger partial charge < -0.3 is 19.5 Å². The van der Waals surface area contributed by atoms with E-state index in [0.717, 1.165) is 15.6 Å². The third-order valence-electron chi connectivity index (χ3n) is 7.15.